The summed E-state index contributed by atoms with van der Waals surface area (Å²) in [7, 11) is 1.69. The number of carbonyl (C=O) groups is 1. The highest BCUT2D eigenvalue weighted by molar-refractivity contribution is 6.05. The van der Waals surface area contributed by atoms with E-state index in [1.165, 1.54) is 5.56 Å². The fraction of sp³-hybridized carbons (Fsp3) is 0.286. The first-order valence-electron chi connectivity index (χ1n) is 8.88. The molecule has 5 nitrogen and oxygen atoms in total. The van der Waals surface area contributed by atoms with Gasteiger partial charge in [0.05, 0.1) is 18.2 Å². The molecule has 1 saturated heterocycles. The summed E-state index contributed by atoms with van der Waals surface area (Å²) < 4.78 is 5.33. The van der Waals surface area contributed by atoms with Gasteiger partial charge in [0.25, 0.3) is 5.91 Å². The number of pyridine rings is 2. The van der Waals surface area contributed by atoms with Crippen molar-refractivity contribution in [1.82, 2.24) is 14.9 Å². The standard InChI is InChI=1S/C21H21N3O2/c1-26-17-4-2-3-16(13-17)15-7-11-24(12-8-15)21(25)18-5-10-23-20-6-9-22-14-19(18)20/h2-6,9-10,13-15H,7-8,11-12H2,1H3. The number of amides is 1. The van der Waals surface area contributed by atoms with Crippen LogP contribution in [-0.2, 0) is 0 Å². The Morgan fingerprint density at radius 1 is 1.15 bits per heavy atom. The van der Waals surface area contributed by atoms with Crippen molar-refractivity contribution in [1.29, 1.82) is 0 Å². The van der Waals surface area contributed by atoms with E-state index in [1.807, 2.05) is 23.1 Å². The minimum atomic E-state index is 0.0643. The molecule has 5 heteroatoms. The number of rotatable bonds is 3. The number of benzene rings is 1. The third-order valence-corrected chi connectivity index (χ3v) is 5.12. The maximum Gasteiger partial charge on any atom is 0.254 e. The molecule has 0 radical (unpaired) electrons. The fourth-order valence-corrected chi connectivity index (χ4v) is 3.66. The molecule has 132 valence electrons. The van der Waals surface area contributed by atoms with Crippen molar-refractivity contribution in [2.45, 2.75) is 18.8 Å². The molecule has 0 saturated carbocycles. The van der Waals surface area contributed by atoms with Crippen LogP contribution in [0.2, 0.25) is 0 Å². The van der Waals surface area contributed by atoms with Crippen molar-refractivity contribution in [3.8, 4) is 5.75 Å². The first kappa shape index (κ1) is 16.5. The first-order chi connectivity index (χ1) is 12.8. The lowest BCUT2D eigenvalue weighted by atomic mass is 9.89. The van der Waals surface area contributed by atoms with Crippen LogP contribution < -0.4 is 4.74 Å². The Labute approximate surface area is 152 Å². The van der Waals surface area contributed by atoms with Gasteiger partial charge in [-0.15, -0.1) is 0 Å². The van der Waals surface area contributed by atoms with Crippen LogP contribution in [0.25, 0.3) is 10.9 Å². The van der Waals surface area contributed by atoms with Crippen LogP contribution >= 0.6 is 0 Å². The van der Waals surface area contributed by atoms with Gasteiger partial charge in [-0.05, 0) is 48.6 Å². The van der Waals surface area contributed by atoms with E-state index in [0.29, 0.717) is 11.5 Å². The van der Waals surface area contributed by atoms with Gasteiger partial charge in [-0.2, -0.15) is 0 Å². The normalized spacial score (nSPS) is 15.2. The van der Waals surface area contributed by atoms with Crippen molar-refractivity contribution in [3.63, 3.8) is 0 Å². The Balaban J connectivity index is 1.50. The topological polar surface area (TPSA) is 55.3 Å². The summed E-state index contributed by atoms with van der Waals surface area (Å²) >= 11 is 0. The van der Waals surface area contributed by atoms with E-state index in [1.54, 1.807) is 31.8 Å². The summed E-state index contributed by atoms with van der Waals surface area (Å²) in [5.41, 5.74) is 2.77. The zero-order chi connectivity index (χ0) is 17.9. The van der Waals surface area contributed by atoms with Crippen molar-refractivity contribution >= 4 is 16.8 Å². The van der Waals surface area contributed by atoms with Crippen LogP contribution in [0.3, 0.4) is 0 Å². The molecule has 0 atom stereocenters. The Bertz CT molecular complexity index is 928. The predicted molar refractivity (Wildman–Crippen MR) is 100 cm³/mol. The average molecular weight is 347 g/mol. The van der Waals surface area contributed by atoms with Crippen molar-refractivity contribution in [2.75, 3.05) is 20.2 Å². The van der Waals surface area contributed by atoms with E-state index in [2.05, 4.69) is 22.1 Å². The van der Waals surface area contributed by atoms with Crippen LogP contribution in [0.4, 0.5) is 0 Å². The van der Waals surface area contributed by atoms with Gasteiger partial charge < -0.3 is 9.64 Å². The SMILES string of the molecule is COc1cccc(C2CCN(C(=O)c3ccnc4ccncc34)CC2)c1. The maximum absolute atomic E-state index is 13.0. The Morgan fingerprint density at radius 3 is 2.81 bits per heavy atom. The van der Waals surface area contributed by atoms with Crippen LogP contribution in [0, 0.1) is 0 Å². The highest BCUT2D eigenvalue weighted by Crippen LogP contribution is 2.31. The highest BCUT2D eigenvalue weighted by Gasteiger charge is 2.25. The van der Waals surface area contributed by atoms with E-state index in [9.17, 15) is 4.79 Å². The van der Waals surface area contributed by atoms with Crippen LogP contribution in [0.1, 0.15) is 34.7 Å². The molecule has 1 fully saturated rings. The Hall–Kier alpha value is -2.95. The molecule has 3 aromatic rings. The number of carbonyl (C=O) groups excluding carboxylic acids is 1. The molecule has 1 aliphatic rings. The highest BCUT2D eigenvalue weighted by atomic mass is 16.5. The molecule has 26 heavy (non-hydrogen) atoms. The minimum Gasteiger partial charge on any atom is -0.497 e. The smallest absolute Gasteiger partial charge is 0.254 e. The van der Waals surface area contributed by atoms with E-state index in [-0.39, 0.29) is 5.91 Å². The second kappa shape index (κ2) is 7.12. The number of hydrogen-bond donors (Lipinski definition) is 0. The molecule has 1 amide bonds. The summed E-state index contributed by atoms with van der Waals surface area (Å²) in [5.74, 6) is 1.41. The monoisotopic (exact) mass is 347 g/mol. The average Bonchev–Trinajstić information content (AvgIpc) is 2.73. The lowest BCUT2D eigenvalue weighted by Gasteiger charge is -2.32. The summed E-state index contributed by atoms with van der Waals surface area (Å²) in [6.45, 7) is 1.51. The molecule has 0 N–H and O–H groups in total. The molecule has 2 aromatic heterocycles. The lowest BCUT2D eigenvalue weighted by molar-refractivity contribution is 0.0715. The molecule has 4 rings (SSSR count). The minimum absolute atomic E-state index is 0.0643. The third kappa shape index (κ3) is 3.12. The number of likely N-dealkylation sites (tertiary alicyclic amines) is 1. The van der Waals surface area contributed by atoms with Gasteiger partial charge >= 0.3 is 0 Å². The van der Waals surface area contributed by atoms with Crippen molar-refractivity contribution in [3.05, 3.63) is 66.1 Å². The molecular weight excluding hydrogens is 326 g/mol. The van der Waals surface area contributed by atoms with Gasteiger partial charge in [-0.1, -0.05) is 12.1 Å². The van der Waals surface area contributed by atoms with Crippen molar-refractivity contribution in [2.24, 2.45) is 0 Å². The number of methoxy groups -OCH3 is 1. The van der Waals surface area contributed by atoms with Gasteiger partial charge in [-0.3, -0.25) is 14.8 Å². The molecule has 0 bridgehead atoms. The van der Waals surface area contributed by atoms with Crippen molar-refractivity contribution < 1.29 is 9.53 Å². The fourth-order valence-electron chi connectivity index (χ4n) is 3.66. The molecule has 0 aliphatic carbocycles. The molecule has 3 heterocycles. The summed E-state index contributed by atoms with van der Waals surface area (Å²) in [4.78, 5) is 23.4. The van der Waals surface area contributed by atoms with Gasteiger partial charge in [0.15, 0.2) is 0 Å². The lowest BCUT2D eigenvalue weighted by Crippen LogP contribution is -2.38. The first-order valence-corrected chi connectivity index (χ1v) is 8.88. The summed E-state index contributed by atoms with van der Waals surface area (Å²) in [6, 6.07) is 11.9. The maximum atomic E-state index is 13.0. The Kier molecular flexibility index (Phi) is 4.52. The van der Waals surface area contributed by atoms with E-state index in [4.69, 9.17) is 4.74 Å². The van der Waals surface area contributed by atoms with Crippen LogP contribution in [0.15, 0.2) is 55.0 Å². The van der Waals surface area contributed by atoms with Gasteiger partial charge in [-0.25, -0.2) is 0 Å². The van der Waals surface area contributed by atoms with Crippen LogP contribution in [-0.4, -0.2) is 41.0 Å². The van der Waals surface area contributed by atoms with Gasteiger partial charge in [0, 0.05) is 37.1 Å². The second-order valence-electron chi connectivity index (χ2n) is 6.59. The molecule has 1 aliphatic heterocycles. The molecular formula is C21H21N3O2. The van der Waals surface area contributed by atoms with Crippen LogP contribution in [0.5, 0.6) is 5.75 Å². The largest absolute Gasteiger partial charge is 0.497 e. The number of hydrogen-bond acceptors (Lipinski definition) is 4. The molecule has 1 aromatic carbocycles. The second-order valence-corrected chi connectivity index (χ2v) is 6.59. The quantitative estimate of drug-likeness (QED) is 0.725. The zero-order valence-corrected chi connectivity index (χ0v) is 14.8. The van der Waals surface area contributed by atoms with Gasteiger partial charge in [0.1, 0.15) is 5.75 Å². The number of piperidine rings is 1. The molecule has 0 spiro atoms. The number of nitrogens with zero attached hydrogens (tertiary/aromatic N) is 3. The molecule has 0 unspecified atom stereocenters. The number of aromatic nitrogens is 2. The number of ether oxygens (including phenoxy) is 1. The van der Waals surface area contributed by atoms with E-state index < -0.39 is 0 Å². The summed E-state index contributed by atoms with van der Waals surface area (Å²) in [5, 5.41) is 0.815. The van der Waals surface area contributed by atoms with Gasteiger partial charge in [0.2, 0.25) is 0 Å². The third-order valence-electron chi connectivity index (χ3n) is 5.12. The van der Waals surface area contributed by atoms with E-state index >= 15 is 0 Å². The Morgan fingerprint density at radius 2 is 2.00 bits per heavy atom. The number of fused-ring (bicyclic) bond motifs is 1. The zero-order valence-electron chi connectivity index (χ0n) is 14.8. The van der Waals surface area contributed by atoms with E-state index in [0.717, 1.165) is 42.6 Å². The predicted octanol–water partition coefficient (Wildman–Crippen LogP) is 3.66. The summed E-state index contributed by atoms with van der Waals surface area (Å²) in [6.07, 6.45) is 7.03.